The number of Topliss-reactive ketones (excluding diaryl/α,β-unsaturated/α-hetero) is 1. The van der Waals surface area contributed by atoms with E-state index in [1.54, 1.807) is 0 Å². The summed E-state index contributed by atoms with van der Waals surface area (Å²) in [4.78, 5) is 13.4. The number of pyridine rings is 1. The molecule has 8 heteroatoms. The molecule has 0 atom stereocenters. The van der Waals surface area contributed by atoms with Crippen molar-refractivity contribution < 1.29 is 26.3 Å². The maximum atomic E-state index is 12.6. The minimum Gasteiger partial charge on any atom is -1.00 e. The first kappa shape index (κ1) is 24.5. The second-order valence-electron chi connectivity index (χ2n) is 9.01. The van der Waals surface area contributed by atoms with E-state index in [1.807, 2.05) is 45.9 Å². The van der Waals surface area contributed by atoms with Gasteiger partial charge in [-0.2, -0.15) is 14.8 Å². The van der Waals surface area contributed by atoms with Gasteiger partial charge in [-0.25, -0.2) is 0 Å². The number of hydrogen-bond donors (Lipinski definition) is 0. The Balaban J connectivity index is 0.00000274. The highest BCUT2D eigenvalue weighted by Crippen LogP contribution is 2.32. The predicted molar refractivity (Wildman–Crippen MR) is 129 cm³/mol. The van der Waals surface area contributed by atoms with Gasteiger partial charge in [0.25, 0.3) is 0 Å². The van der Waals surface area contributed by atoms with Gasteiger partial charge in [0.1, 0.15) is 0 Å². The van der Waals surface area contributed by atoms with Gasteiger partial charge in [0.05, 0.1) is 40.1 Å². The highest BCUT2D eigenvalue weighted by molar-refractivity contribution is 7.12. The molecular formula is C26H30BrN5OS. The van der Waals surface area contributed by atoms with Crippen LogP contribution in [-0.2, 0) is 13.1 Å². The molecule has 0 aliphatic heterocycles. The molecule has 0 radical (unpaired) electrons. The Morgan fingerprint density at radius 3 is 2.65 bits per heavy atom. The van der Waals surface area contributed by atoms with Crippen LogP contribution in [0, 0.1) is 13.8 Å². The zero-order valence-electron chi connectivity index (χ0n) is 19.7. The third-order valence-electron chi connectivity index (χ3n) is 6.40. The maximum absolute atomic E-state index is 12.6. The Hall–Kier alpha value is -2.58. The zero-order valence-corrected chi connectivity index (χ0v) is 22.1. The number of halogens is 1. The van der Waals surface area contributed by atoms with E-state index in [1.165, 1.54) is 30.6 Å². The van der Waals surface area contributed by atoms with Crippen LogP contribution < -0.4 is 21.5 Å². The lowest BCUT2D eigenvalue weighted by atomic mass is 9.95. The molecule has 4 aromatic rings. The summed E-state index contributed by atoms with van der Waals surface area (Å²) in [6.07, 6.45) is 10.2. The number of aryl methyl sites for hydroxylation is 2. The monoisotopic (exact) mass is 539 g/mol. The van der Waals surface area contributed by atoms with Crippen molar-refractivity contribution in [2.75, 3.05) is 0 Å². The maximum Gasteiger partial charge on any atom is 0.237 e. The second-order valence-corrected chi connectivity index (χ2v) is 9.96. The Kier molecular flexibility index (Phi) is 7.78. The molecule has 4 heterocycles. The van der Waals surface area contributed by atoms with Crippen molar-refractivity contribution in [2.24, 2.45) is 0 Å². The van der Waals surface area contributed by atoms with Crippen LogP contribution in [0.5, 0.6) is 0 Å². The van der Waals surface area contributed by atoms with E-state index in [4.69, 9.17) is 5.10 Å². The molecule has 178 valence electrons. The highest BCUT2D eigenvalue weighted by Gasteiger charge is 2.23. The molecule has 5 rings (SSSR count). The van der Waals surface area contributed by atoms with Crippen molar-refractivity contribution >= 4 is 17.1 Å². The minimum absolute atomic E-state index is 0. The SMILES string of the molecule is Cc1cc(C)n(Cc2cc(-c3ccc[n+](CC(=O)c4cccs4)c3)n(C3CCCCC3)n2)n1.[Br-]. The summed E-state index contributed by atoms with van der Waals surface area (Å²) in [5.41, 5.74) is 5.40. The first-order chi connectivity index (χ1) is 16.1. The molecule has 4 aromatic heterocycles. The van der Waals surface area contributed by atoms with Crippen molar-refractivity contribution in [3.05, 3.63) is 76.1 Å². The van der Waals surface area contributed by atoms with E-state index >= 15 is 0 Å². The van der Waals surface area contributed by atoms with E-state index in [0.717, 1.165) is 46.1 Å². The number of thiophene rings is 1. The van der Waals surface area contributed by atoms with Crippen molar-refractivity contribution in [1.82, 2.24) is 19.6 Å². The molecule has 0 N–H and O–H groups in total. The number of aromatic nitrogens is 5. The van der Waals surface area contributed by atoms with Crippen molar-refractivity contribution in [2.45, 2.75) is 65.1 Å². The molecule has 1 saturated carbocycles. The summed E-state index contributed by atoms with van der Waals surface area (Å²) in [6.45, 7) is 5.11. The Morgan fingerprint density at radius 2 is 1.94 bits per heavy atom. The molecule has 1 fully saturated rings. The molecule has 0 amide bonds. The number of nitrogens with zero attached hydrogens (tertiary/aromatic N) is 5. The van der Waals surface area contributed by atoms with Crippen LogP contribution in [0.4, 0.5) is 0 Å². The lowest BCUT2D eigenvalue weighted by Crippen LogP contribution is -3.00. The summed E-state index contributed by atoms with van der Waals surface area (Å²) in [5, 5.41) is 11.6. The molecule has 6 nitrogen and oxygen atoms in total. The summed E-state index contributed by atoms with van der Waals surface area (Å²) in [7, 11) is 0. The van der Waals surface area contributed by atoms with E-state index in [-0.39, 0.29) is 22.8 Å². The molecule has 0 unspecified atom stereocenters. The summed E-state index contributed by atoms with van der Waals surface area (Å²) in [6, 6.07) is 12.7. The standard InChI is InChI=1S/C26H30N5OS.BrH/c1-19-14-20(2)30(27-19)17-22-15-24(31(28-22)23-9-4-3-5-10-23)21-8-6-12-29(16-21)18-25(32)26-11-7-13-33-26;/h6-8,11-16,23H,3-5,9-10,17-18H2,1-2H3;1H/q+1;/p-1. The van der Waals surface area contributed by atoms with Gasteiger partial charge in [-0.15, -0.1) is 11.3 Å². The fourth-order valence-electron chi connectivity index (χ4n) is 4.78. The van der Waals surface area contributed by atoms with Gasteiger partial charge in [0.2, 0.25) is 12.3 Å². The van der Waals surface area contributed by atoms with Gasteiger partial charge in [0, 0.05) is 11.8 Å². The summed E-state index contributed by atoms with van der Waals surface area (Å²) < 4.78 is 6.24. The van der Waals surface area contributed by atoms with Crippen LogP contribution >= 0.6 is 11.3 Å². The lowest BCUT2D eigenvalue weighted by Gasteiger charge is -2.23. The van der Waals surface area contributed by atoms with Crippen LogP contribution in [0.25, 0.3) is 11.3 Å². The third kappa shape index (κ3) is 5.39. The normalized spacial score (nSPS) is 14.2. The molecule has 0 spiro atoms. The van der Waals surface area contributed by atoms with Gasteiger partial charge >= 0.3 is 0 Å². The average molecular weight is 541 g/mol. The molecule has 0 saturated heterocycles. The van der Waals surface area contributed by atoms with Gasteiger partial charge < -0.3 is 17.0 Å². The van der Waals surface area contributed by atoms with Gasteiger partial charge in [-0.1, -0.05) is 25.3 Å². The van der Waals surface area contributed by atoms with Crippen LogP contribution in [-0.4, -0.2) is 25.3 Å². The first-order valence-corrected chi connectivity index (χ1v) is 12.6. The Bertz CT molecular complexity index is 1250. The number of carbonyl (C=O) groups excluding carboxylic acids is 1. The smallest absolute Gasteiger partial charge is 0.237 e. The Morgan fingerprint density at radius 1 is 1.12 bits per heavy atom. The number of carbonyl (C=O) groups is 1. The van der Waals surface area contributed by atoms with Crippen molar-refractivity contribution in [3.8, 4) is 11.3 Å². The third-order valence-corrected chi connectivity index (χ3v) is 7.31. The number of hydrogen-bond acceptors (Lipinski definition) is 4. The van der Waals surface area contributed by atoms with Gasteiger partial charge in [0.15, 0.2) is 12.4 Å². The molecular weight excluding hydrogens is 510 g/mol. The largest absolute Gasteiger partial charge is 1.00 e. The molecule has 1 aliphatic rings. The minimum atomic E-state index is 0. The van der Waals surface area contributed by atoms with E-state index in [0.29, 0.717) is 19.1 Å². The second kappa shape index (κ2) is 10.8. The fourth-order valence-corrected chi connectivity index (χ4v) is 5.44. The zero-order chi connectivity index (χ0) is 22.8. The number of rotatable bonds is 7. The topological polar surface area (TPSA) is 56.6 Å². The van der Waals surface area contributed by atoms with Crippen LogP contribution in [0.1, 0.15) is 64.9 Å². The van der Waals surface area contributed by atoms with E-state index in [2.05, 4.69) is 41.1 Å². The lowest BCUT2D eigenvalue weighted by molar-refractivity contribution is -0.682. The van der Waals surface area contributed by atoms with Crippen LogP contribution in [0.3, 0.4) is 0 Å². The predicted octanol–water partition coefficient (Wildman–Crippen LogP) is 2.15. The summed E-state index contributed by atoms with van der Waals surface area (Å²) in [5.74, 6) is 0.137. The van der Waals surface area contributed by atoms with Crippen molar-refractivity contribution in [3.63, 3.8) is 0 Å². The Labute approximate surface area is 215 Å². The first-order valence-electron chi connectivity index (χ1n) is 11.7. The number of ketones is 1. The summed E-state index contributed by atoms with van der Waals surface area (Å²) >= 11 is 1.49. The molecule has 0 aromatic carbocycles. The van der Waals surface area contributed by atoms with Gasteiger partial charge in [-0.3, -0.25) is 14.2 Å². The van der Waals surface area contributed by atoms with Crippen LogP contribution in [0.15, 0.2) is 54.2 Å². The van der Waals surface area contributed by atoms with Crippen LogP contribution in [0.2, 0.25) is 0 Å². The fraction of sp³-hybridized carbons (Fsp3) is 0.385. The van der Waals surface area contributed by atoms with Crippen molar-refractivity contribution in [1.29, 1.82) is 0 Å². The molecule has 0 bridgehead atoms. The van der Waals surface area contributed by atoms with Gasteiger partial charge in [-0.05, 0) is 56.3 Å². The molecule has 1 aliphatic carbocycles. The molecule has 34 heavy (non-hydrogen) atoms. The highest BCUT2D eigenvalue weighted by atomic mass is 79.9. The van der Waals surface area contributed by atoms with E-state index in [9.17, 15) is 4.79 Å². The quantitative estimate of drug-likeness (QED) is 0.267. The average Bonchev–Trinajstić information content (AvgIpc) is 3.56. The van der Waals surface area contributed by atoms with E-state index < -0.39 is 0 Å².